The molecule has 3 N–H and O–H groups in total. The van der Waals surface area contributed by atoms with E-state index in [1.165, 1.54) is 0 Å². The molecule has 0 aliphatic rings. The first-order valence-electron chi connectivity index (χ1n) is 8.47. The molecular formula is C22H23NO2. The molecule has 0 saturated heterocycles. The summed E-state index contributed by atoms with van der Waals surface area (Å²) in [6, 6.07) is 27.0. The summed E-state index contributed by atoms with van der Waals surface area (Å²) < 4.78 is 5.95. The predicted octanol–water partition coefficient (Wildman–Crippen LogP) is 3.87. The molecule has 2 atom stereocenters. The molecule has 3 aromatic carbocycles. The summed E-state index contributed by atoms with van der Waals surface area (Å²) in [7, 11) is 0. The molecule has 3 rings (SSSR count). The second kappa shape index (κ2) is 8.47. The number of rotatable bonds is 7. The van der Waals surface area contributed by atoms with Crippen molar-refractivity contribution in [2.24, 2.45) is 5.73 Å². The fraction of sp³-hybridized carbons (Fsp3) is 0.182. The Hall–Kier alpha value is -2.62. The van der Waals surface area contributed by atoms with Crippen molar-refractivity contribution in [3.8, 4) is 5.75 Å². The third kappa shape index (κ3) is 4.69. The van der Waals surface area contributed by atoms with Gasteiger partial charge in [-0.2, -0.15) is 0 Å². The smallest absolute Gasteiger partial charge is 0.124 e. The minimum atomic E-state index is -0.677. The molecule has 3 heteroatoms. The first kappa shape index (κ1) is 17.2. The van der Waals surface area contributed by atoms with Gasteiger partial charge in [0.05, 0.1) is 12.1 Å². The Balaban J connectivity index is 1.70. The molecule has 25 heavy (non-hydrogen) atoms. The molecule has 0 heterocycles. The van der Waals surface area contributed by atoms with Gasteiger partial charge in [-0.1, -0.05) is 78.9 Å². The number of aliphatic hydroxyl groups excluding tert-OH is 1. The standard InChI is InChI=1S/C22H23NO2/c23-22(20(24)15-17-9-3-1-4-10-17)19-13-7-8-14-21(19)25-16-18-11-5-2-6-12-18/h1-14,20,22,24H,15-16,23H2/t20-,22+/m0/s1. The van der Waals surface area contributed by atoms with Crippen LogP contribution in [0.1, 0.15) is 22.7 Å². The maximum Gasteiger partial charge on any atom is 0.124 e. The summed E-state index contributed by atoms with van der Waals surface area (Å²) in [6.45, 7) is 0.472. The Labute approximate surface area is 148 Å². The SMILES string of the molecule is N[C@H](c1ccccc1OCc1ccccc1)[C@@H](O)Cc1ccccc1. The van der Waals surface area contributed by atoms with E-state index < -0.39 is 12.1 Å². The van der Waals surface area contributed by atoms with E-state index in [0.29, 0.717) is 18.8 Å². The van der Waals surface area contributed by atoms with Gasteiger partial charge in [0.1, 0.15) is 12.4 Å². The molecule has 3 aromatic rings. The highest BCUT2D eigenvalue weighted by atomic mass is 16.5. The van der Waals surface area contributed by atoms with Crippen LogP contribution < -0.4 is 10.5 Å². The zero-order valence-electron chi connectivity index (χ0n) is 14.1. The average Bonchev–Trinajstić information content (AvgIpc) is 2.67. The fourth-order valence-electron chi connectivity index (χ4n) is 2.81. The van der Waals surface area contributed by atoms with Gasteiger partial charge in [-0.25, -0.2) is 0 Å². The van der Waals surface area contributed by atoms with Gasteiger partial charge in [0.25, 0.3) is 0 Å². The number of hydrogen-bond acceptors (Lipinski definition) is 3. The number of aliphatic hydroxyl groups is 1. The van der Waals surface area contributed by atoms with E-state index in [1.54, 1.807) is 0 Å². The Morgan fingerprint density at radius 1 is 0.760 bits per heavy atom. The lowest BCUT2D eigenvalue weighted by molar-refractivity contribution is 0.143. The third-order valence-electron chi connectivity index (χ3n) is 4.22. The van der Waals surface area contributed by atoms with Gasteiger partial charge in [0, 0.05) is 12.0 Å². The van der Waals surface area contributed by atoms with Gasteiger partial charge in [0.2, 0.25) is 0 Å². The van der Waals surface area contributed by atoms with Crippen molar-refractivity contribution in [2.75, 3.05) is 0 Å². The Bertz CT molecular complexity index is 774. The van der Waals surface area contributed by atoms with Crippen molar-refractivity contribution in [2.45, 2.75) is 25.2 Å². The molecule has 0 aliphatic carbocycles. The van der Waals surface area contributed by atoms with Crippen LogP contribution in [0, 0.1) is 0 Å². The topological polar surface area (TPSA) is 55.5 Å². The molecule has 0 amide bonds. The summed E-state index contributed by atoms with van der Waals surface area (Å²) in [4.78, 5) is 0. The van der Waals surface area contributed by atoms with Crippen LogP contribution in [0.2, 0.25) is 0 Å². The van der Waals surface area contributed by atoms with E-state index in [2.05, 4.69) is 0 Å². The van der Waals surface area contributed by atoms with E-state index in [4.69, 9.17) is 10.5 Å². The normalized spacial score (nSPS) is 13.2. The highest BCUT2D eigenvalue weighted by Gasteiger charge is 2.20. The van der Waals surface area contributed by atoms with E-state index in [0.717, 1.165) is 16.7 Å². The van der Waals surface area contributed by atoms with E-state index in [-0.39, 0.29) is 0 Å². The number of nitrogens with two attached hydrogens (primary N) is 1. The lowest BCUT2D eigenvalue weighted by atomic mass is 9.96. The van der Waals surface area contributed by atoms with Crippen molar-refractivity contribution in [1.82, 2.24) is 0 Å². The first-order valence-corrected chi connectivity index (χ1v) is 8.47. The summed E-state index contributed by atoms with van der Waals surface area (Å²) in [6.07, 6.45) is -0.168. The summed E-state index contributed by atoms with van der Waals surface area (Å²) >= 11 is 0. The predicted molar refractivity (Wildman–Crippen MR) is 100 cm³/mol. The molecule has 0 spiro atoms. The highest BCUT2D eigenvalue weighted by Crippen LogP contribution is 2.27. The maximum absolute atomic E-state index is 10.6. The second-order valence-corrected chi connectivity index (χ2v) is 6.09. The van der Waals surface area contributed by atoms with Crippen LogP contribution in [0.4, 0.5) is 0 Å². The maximum atomic E-state index is 10.6. The lowest BCUT2D eigenvalue weighted by Crippen LogP contribution is -2.28. The van der Waals surface area contributed by atoms with Gasteiger partial charge in [0.15, 0.2) is 0 Å². The van der Waals surface area contributed by atoms with Gasteiger partial charge in [-0.15, -0.1) is 0 Å². The second-order valence-electron chi connectivity index (χ2n) is 6.09. The quantitative estimate of drug-likeness (QED) is 0.690. The van der Waals surface area contributed by atoms with Crippen molar-refractivity contribution in [1.29, 1.82) is 0 Å². The van der Waals surface area contributed by atoms with Crippen LogP contribution in [0.5, 0.6) is 5.75 Å². The zero-order valence-corrected chi connectivity index (χ0v) is 14.1. The van der Waals surface area contributed by atoms with Gasteiger partial charge in [-0.3, -0.25) is 0 Å². The van der Waals surface area contributed by atoms with Crippen LogP contribution in [-0.4, -0.2) is 11.2 Å². The van der Waals surface area contributed by atoms with Crippen LogP contribution in [0.15, 0.2) is 84.9 Å². The van der Waals surface area contributed by atoms with E-state index >= 15 is 0 Å². The third-order valence-corrected chi connectivity index (χ3v) is 4.22. The number of benzene rings is 3. The van der Waals surface area contributed by atoms with Crippen molar-refractivity contribution in [3.63, 3.8) is 0 Å². The van der Waals surface area contributed by atoms with Crippen molar-refractivity contribution in [3.05, 3.63) is 102 Å². The molecule has 0 saturated carbocycles. The van der Waals surface area contributed by atoms with Crippen LogP contribution in [0.3, 0.4) is 0 Å². The minimum Gasteiger partial charge on any atom is -0.489 e. The number of ether oxygens (including phenoxy) is 1. The summed E-state index contributed by atoms with van der Waals surface area (Å²) in [5.74, 6) is 0.714. The van der Waals surface area contributed by atoms with Gasteiger partial charge < -0.3 is 15.6 Å². The number of hydrogen-bond donors (Lipinski definition) is 2. The van der Waals surface area contributed by atoms with Gasteiger partial charge >= 0.3 is 0 Å². The molecule has 0 bridgehead atoms. The molecule has 3 nitrogen and oxygen atoms in total. The van der Waals surface area contributed by atoms with Crippen molar-refractivity contribution < 1.29 is 9.84 Å². The van der Waals surface area contributed by atoms with Crippen LogP contribution in [-0.2, 0) is 13.0 Å². The first-order chi connectivity index (χ1) is 12.2. The molecule has 0 aliphatic heterocycles. The fourth-order valence-corrected chi connectivity index (χ4v) is 2.81. The lowest BCUT2D eigenvalue weighted by Gasteiger charge is -2.22. The minimum absolute atomic E-state index is 0.472. The molecular weight excluding hydrogens is 310 g/mol. The Morgan fingerprint density at radius 2 is 1.32 bits per heavy atom. The van der Waals surface area contributed by atoms with E-state index in [9.17, 15) is 5.11 Å². The Morgan fingerprint density at radius 3 is 2.00 bits per heavy atom. The molecule has 0 radical (unpaired) electrons. The average molecular weight is 333 g/mol. The van der Waals surface area contributed by atoms with Crippen LogP contribution >= 0.6 is 0 Å². The molecule has 128 valence electrons. The zero-order chi connectivity index (χ0) is 17.5. The monoisotopic (exact) mass is 333 g/mol. The summed E-state index contributed by atoms with van der Waals surface area (Å²) in [5.41, 5.74) is 9.30. The van der Waals surface area contributed by atoms with Crippen LogP contribution in [0.25, 0.3) is 0 Å². The van der Waals surface area contributed by atoms with E-state index in [1.807, 2.05) is 84.9 Å². The summed E-state index contributed by atoms with van der Waals surface area (Å²) in [5, 5.41) is 10.6. The molecule has 0 fully saturated rings. The molecule has 0 aromatic heterocycles. The highest BCUT2D eigenvalue weighted by molar-refractivity contribution is 5.37. The number of para-hydroxylation sites is 1. The van der Waals surface area contributed by atoms with Crippen molar-refractivity contribution >= 4 is 0 Å². The molecule has 0 unspecified atom stereocenters. The largest absolute Gasteiger partial charge is 0.489 e. The Kier molecular flexibility index (Phi) is 5.83. The van der Waals surface area contributed by atoms with Gasteiger partial charge in [-0.05, 0) is 17.2 Å².